The highest BCUT2D eigenvalue weighted by molar-refractivity contribution is 6.62. The van der Waals surface area contributed by atoms with Crippen molar-refractivity contribution >= 4 is 18.5 Å². The number of hydrogen-bond donors (Lipinski definition) is 1. The highest BCUT2D eigenvalue weighted by Gasteiger charge is 2.51. The molecule has 2 aliphatic rings. The van der Waals surface area contributed by atoms with Gasteiger partial charge in [0.15, 0.2) is 0 Å². The molecule has 3 rings (SSSR count). The topological polar surface area (TPSA) is 62.2 Å². The van der Waals surface area contributed by atoms with E-state index in [9.17, 15) is 4.79 Å². The summed E-state index contributed by atoms with van der Waals surface area (Å²) in [6.45, 7) is 11.9. The number of carbonyl (C=O) groups is 1. The number of carbonyl (C=O) groups excluding carboxylic acids is 1. The molecule has 0 aliphatic carbocycles. The zero-order valence-corrected chi connectivity index (χ0v) is 16.2. The van der Waals surface area contributed by atoms with Crippen molar-refractivity contribution < 1.29 is 19.2 Å². The number of hydrogen-bond acceptors (Lipinski definition) is 5. The minimum atomic E-state index is -0.464. The molecular formula is C19H29BN2O4. The number of aliphatic hydroxyl groups excluding tert-OH is 1. The van der Waals surface area contributed by atoms with Gasteiger partial charge in [-0.15, -0.1) is 0 Å². The van der Waals surface area contributed by atoms with Crippen LogP contribution in [0, 0.1) is 0 Å². The average molecular weight is 360 g/mol. The summed E-state index contributed by atoms with van der Waals surface area (Å²) in [5, 5.41) is 9.03. The molecule has 2 aliphatic heterocycles. The lowest BCUT2D eigenvalue weighted by molar-refractivity contribution is 0.00578. The SMILES string of the molecule is CC1(C)OB(c2cccc(C(=O)N3CCN(CCO)CC3)c2)OC1(C)C. The minimum Gasteiger partial charge on any atom is -0.399 e. The van der Waals surface area contributed by atoms with E-state index in [4.69, 9.17) is 14.4 Å². The summed E-state index contributed by atoms with van der Waals surface area (Å²) in [6, 6.07) is 7.55. The number of β-amino-alcohol motifs (C(OH)–C–C–N with tert-alkyl or cyclic N) is 1. The van der Waals surface area contributed by atoms with Crippen LogP contribution in [0.5, 0.6) is 0 Å². The monoisotopic (exact) mass is 360 g/mol. The van der Waals surface area contributed by atoms with Gasteiger partial charge in [0.2, 0.25) is 0 Å². The lowest BCUT2D eigenvalue weighted by Gasteiger charge is -2.34. The zero-order valence-electron chi connectivity index (χ0n) is 16.2. The molecule has 0 saturated carbocycles. The number of piperazine rings is 1. The van der Waals surface area contributed by atoms with Crippen molar-refractivity contribution in [2.75, 3.05) is 39.3 Å². The van der Waals surface area contributed by atoms with Crippen LogP contribution in [0.1, 0.15) is 38.1 Å². The second-order valence-electron chi connectivity index (χ2n) is 8.07. The van der Waals surface area contributed by atoms with Gasteiger partial charge >= 0.3 is 7.12 Å². The molecule has 0 spiro atoms. The van der Waals surface area contributed by atoms with Gasteiger partial charge in [0, 0.05) is 38.3 Å². The minimum absolute atomic E-state index is 0.0343. The third-order valence-corrected chi connectivity index (χ3v) is 5.73. The smallest absolute Gasteiger partial charge is 0.399 e. The van der Waals surface area contributed by atoms with Gasteiger partial charge < -0.3 is 19.3 Å². The second kappa shape index (κ2) is 7.31. The van der Waals surface area contributed by atoms with Gasteiger partial charge in [0.1, 0.15) is 0 Å². The highest BCUT2D eigenvalue weighted by Crippen LogP contribution is 2.36. The van der Waals surface area contributed by atoms with E-state index in [0.29, 0.717) is 25.2 Å². The predicted octanol–water partition coefficient (Wildman–Crippen LogP) is 0.736. The van der Waals surface area contributed by atoms with Crippen molar-refractivity contribution in [1.82, 2.24) is 9.80 Å². The van der Waals surface area contributed by atoms with Crippen molar-refractivity contribution in [3.8, 4) is 0 Å². The quantitative estimate of drug-likeness (QED) is 0.803. The molecule has 26 heavy (non-hydrogen) atoms. The molecule has 0 bridgehead atoms. The fourth-order valence-corrected chi connectivity index (χ4v) is 3.30. The average Bonchev–Trinajstić information content (AvgIpc) is 2.83. The van der Waals surface area contributed by atoms with Gasteiger partial charge in [-0.2, -0.15) is 0 Å². The number of nitrogens with zero attached hydrogens (tertiary/aromatic N) is 2. The normalized spacial score (nSPS) is 22.7. The zero-order chi connectivity index (χ0) is 18.9. The van der Waals surface area contributed by atoms with E-state index in [0.717, 1.165) is 18.6 Å². The van der Waals surface area contributed by atoms with Crippen LogP contribution >= 0.6 is 0 Å². The van der Waals surface area contributed by atoms with Crippen LogP contribution in [0.4, 0.5) is 0 Å². The molecule has 0 radical (unpaired) electrons. The van der Waals surface area contributed by atoms with Gasteiger partial charge in [-0.3, -0.25) is 9.69 Å². The van der Waals surface area contributed by atoms with Crippen LogP contribution in [-0.4, -0.2) is 78.5 Å². The van der Waals surface area contributed by atoms with E-state index in [-0.39, 0.29) is 12.5 Å². The molecule has 7 heteroatoms. The largest absolute Gasteiger partial charge is 0.494 e. The summed E-state index contributed by atoms with van der Waals surface area (Å²) >= 11 is 0. The summed E-state index contributed by atoms with van der Waals surface area (Å²) in [7, 11) is -0.464. The Morgan fingerprint density at radius 2 is 1.73 bits per heavy atom. The molecule has 1 aromatic rings. The number of aliphatic hydroxyl groups is 1. The van der Waals surface area contributed by atoms with Crippen molar-refractivity contribution in [3.05, 3.63) is 29.8 Å². The van der Waals surface area contributed by atoms with Crippen molar-refractivity contribution in [2.45, 2.75) is 38.9 Å². The molecule has 1 aromatic carbocycles. The lowest BCUT2D eigenvalue weighted by atomic mass is 9.78. The van der Waals surface area contributed by atoms with Crippen LogP contribution < -0.4 is 5.46 Å². The predicted molar refractivity (Wildman–Crippen MR) is 102 cm³/mol. The molecule has 0 aromatic heterocycles. The van der Waals surface area contributed by atoms with E-state index in [1.807, 2.05) is 56.9 Å². The van der Waals surface area contributed by atoms with Crippen LogP contribution in [-0.2, 0) is 9.31 Å². The molecule has 142 valence electrons. The van der Waals surface area contributed by atoms with Crippen LogP contribution in [0.25, 0.3) is 0 Å². The maximum absolute atomic E-state index is 12.9. The molecule has 2 heterocycles. The van der Waals surface area contributed by atoms with E-state index in [1.54, 1.807) is 0 Å². The van der Waals surface area contributed by atoms with Gasteiger partial charge in [0.05, 0.1) is 17.8 Å². The van der Waals surface area contributed by atoms with E-state index < -0.39 is 18.3 Å². The Hall–Kier alpha value is -1.41. The maximum Gasteiger partial charge on any atom is 0.494 e. The number of amides is 1. The Labute approximate surface area is 156 Å². The molecule has 6 nitrogen and oxygen atoms in total. The molecule has 0 unspecified atom stereocenters. The lowest BCUT2D eigenvalue weighted by Crippen LogP contribution is -2.49. The first-order valence-electron chi connectivity index (χ1n) is 9.31. The summed E-state index contributed by atoms with van der Waals surface area (Å²) in [6.07, 6.45) is 0. The maximum atomic E-state index is 12.9. The Morgan fingerprint density at radius 3 is 2.31 bits per heavy atom. The van der Waals surface area contributed by atoms with Crippen molar-refractivity contribution in [2.24, 2.45) is 0 Å². The molecule has 1 N–H and O–H groups in total. The van der Waals surface area contributed by atoms with E-state index >= 15 is 0 Å². The van der Waals surface area contributed by atoms with Gasteiger partial charge in [0.25, 0.3) is 5.91 Å². The Kier molecular flexibility index (Phi) is 5.44. The van der Waals surface area contributed by atoms with Crippen LogP contribution in [0.3, 0.4) is 0 Å². The second-order valence-corrected chi connectivity index (χ2v) is 8.07. The first-order valence-corrected chi connectivity index (χ1v) is 9.31. The highest BCUT2D eigenvalue weighted by atomic mass is 16.7. The first-order chi connectivity index (χ1) is 12.2. The molecule has 0 atom stereocenters. The number of rotatable bonds is 4. The van der Waals surface area contributed by atoms with Crippen LogP contribution in [0.15, 0.2) is 24.3 Å². The molecule has 2 saturated heterocycles. The van der Waals surface area contributed by atoms with Gasteiger partial charge in [-0.05, 0) is 45.3 Å². The van der Waals surface area contributed by atoms with Gasteiger partial charge in [-0.1, -0.05) is 12.1 Å². The van der Waals surface area contributed by atoms with Crippen molar-refractivity contribution in [1.29, 1.82) is 0 Å². The summed E-state index contributed by atoms with van der Waals surface area (Å²) in [4.78, 5) is 16.9. The van der Waals surface area contributed by atoms with Crippen molar-refractivity contribution in [3.63, 3.8) is 0 Å². The first kappa shape index (κ1) is 19.4. The summed E-state index contributed by atoms with van der Waals surface area (Å²) in [5.74, 6) is 0.0343. The molecule has 2 fully saturated rings. The standard InChI is InChI=1S/C19H29BN2O4/c1-18(2)19(3,4)26-20(25-18)16-7-5-6-15(14-16)17(24)22-10-8-21(9-11-22)12-13-23/h5-7,14,23H,8-13H2,1-4H3. The van der Waals surface area contributed by atoms with E-state index in [2.05, 4.69) is 4.90 Å². The Bertz CT molecular complexity index is 641. The summed E-state index contributed by atoms with van der Waals surface area (Å²) in [5.41, 5.74) is 0.725. The Balaban J connectivity index is 1.69. The summed E-state index contributed by atoms with van der Waals surface area (Å²) < 4.78 is 12.2. The number of benzene rings is 1. The fraction of sp³-hybridized carbons (Fsp3) is 0.632. The van der Waals surface area contributed by atoms with Gasteiger partial charge in [-0.25, -0.2) is 0 Å². The third kappa shape index (κ3) is 3.81. The van der Waals surface area contributed by atoms with Crippen LogP contribution in [0.2, 0.25) is 0 Å². The molecule has 1 amide bonds. The van der Waals surface area contributed by atoms with E-state index in [1.165, 1.54) is 0 Å². The third-order valence-electron chi connectivity index (χ3n) is 5.73. The fourth-order valence-electron chi connectivity index (χ4n) is 3.30. The Morgan fingerprint density at radius 1 is 1.12 bits per heavy atom. The molecular weight excluding hydrogens is 331 g/mol.